The predicted octanol–water partition coefficient (Wildman–Crippen LogP) is 3.84. The van der Waals surface area contributed by atoms with Crippen LogP contribution in [0.2, 0.25) is 0 Å². The van der Waals surface area contributed by atoms with Crippen LogP contribution in [0.15, 0.2) is 60.7 Å². The van der Waals surface area contributed by atoms with Crippen molar-refractivity contribution in [1.29, 1.82) is 0 Å². The van der Waals surface area contributed by atoms with Gasteiger partial charge >= 0.3 is 0 Å². The van der Waals surface area contributed by atoms with Gasteiger partial charge in [-0.2, -0.15) is 0 Å². The Kier molecular flexibility index (Phi) is 6.22. The van der Waals surface area contributed by atoms with E-state index in [1.165, 1.54) is 11.1 Å². The summed E-state index contributed by atoms with van der Waals surface area (Å²) in [5.41, 5.74) is 2.67. The maximum Gasteiger partial charge on any atom is 0.166 e. The van der Waals surface area contributed by atoms with Crippen LogP contribution >= 0.6 is 12.2 Å². The Bertz CT molecular complexity index is 540. The lowest BCUT2D eigenvalue weighted by Crippen LogP contribution is -2.35. The zero-order valence-electron chi connectivity index (χ0n) is 12.4. The molecule has 2 aromatic carbocycles. The molecule has 0 aromatic heterocycles. The first-order valence-electron chi connectivity index (χ1n) is 7.36. The van der Waals surface area contributed by atoms with Gasteiger partial charge in [0.15, 0.2) is 5.11 Å². The van der Waals surface area contributed by atoms with Crippen LogP contribution in [-0.2, 0) is 6.42 Å². The lowest BCUT2D eigenvalue weighted by molar-refractivity contribution is 0.560. The Morgan fingerprint density at radius 2 is 1.62 bits per heavy atom. The number of rotatable bonds is 6. The molecule has 0 radical (unpaired) electrons. The first kappa shape index (κ1) is 15.5. The fraction of sp³-hybridized carbons (Fsp3) is 0.278. The molecule has 0 aliphatic heterocycles. The highest BCUT2D eigenvalue weighted by atomic mass is 32.1. The van der Waals surface area contributed by atoms with Gasteiger partial charge in [0.05, 0.1) is 6.04 Å². The van der Waals surface area contributed by atoms with Crippen molar-refractivity contribution >= 4 is 17.3 Å². The molecule has 0 fully saturated rings. The predicted molar refractivity (Wildman–Crippen MR) is 93.4 cm³/mol. The van der Waals surface area contributed by atoms with Crippen molar-refractivity contribution in [3.8, 4) is 0 Å². The summed E-state index contributed by atoms with van der Waals surface area (Å²) in [7, 11) is 1.85. The smallest absolute Gasteiger partial charge is 0.166 e. The van der Waals surface area contributed by atoms with Gasteiger partial charge in [0.1, 0.15) is 0 Å². The molecule has 2 rings (SSSR count). The number of aryl methyl sites for hydroxylation is 1. The van der Waals surface area contributed by atoms with Crippen molar-refractivity contribution in [2.24, 2.45) is 0 Å². The summed E-state index contributed by atoms with van der Waals surface area (Å²) in [6.07, 6.45) is 3.28. The summed E-state index contributed by atoms with van der Waals surface area (Å²) in [6, 6.07) is 21.4. The fourth-order valence-corrected chi connectivity index (χ4v) is 2.54. The van der Waals surface area contributed by atoms with Crippen LogP contribution in [0.5, 0.6) is 0 Å². The van der Waals surface area contributed by atoms with E-state index < -0.39 is 0 Å². The molecule has 2 nitrogen and oxygen atoms in total. The Labute approximate surface area is 132 Å². The summed E-state index contributed by atoms with van der Waals surface area (Å²) < 4.78 is 0. The van der Waals surface area contributed by atoms with E-state index >= 15 is 0 Å². The highest BCUT2D eigenvalue weighted by Crippen LogP contribution is 2.19. The lowest BCUT2D eigenvalue weighted by atomic mass is 9.99. The number of hydrogen-bond donors (Lipinski definition) is 2. The molecule has 0 aliphatic rings. The van der Waals surface area contributed by atoms with Gasteiger partial charge in [-0.3, -0.25) is 0 Å². The van der Waals surface area contributed by atoms with E-state index in [0.29, 0.717) is 5.11 Å². The van der Waals surface area contributed by atoms with Crippen molar-refractivity contribution in [1.82, 2.24) is 10.6 Å². The monoisotopic (exact) mass is 298 g/mol. The molecule has 0 aliphatic carbocycles. The number of thiocarbonyl (C=S) groups is 1. The minimum atomic E-state index is 0.259. The van der Waals surface area contributed by atoms with Crippen molar-refractivity contribution < 1.29 is 0 Å². The third-order valence-electron chi connectivity index (χ3n) is 3.54. The van der Waals surface area contributed by atoms with Crippen LogP contribution in [0, 0.1) is 0 Å². The van der Waals surface area contributed by atoms with Crippen molar-refractivity contribution in [2.45, 2.75) is 25.3 Å². The van der Waals surface area contributed by atoms with E-state index in [1.54, 1.807) is 0 Å². The Morgan fingerprint density at radius 3 is 2.24 bits per heavy atom. The summed E-state index contributed by atoms with van der Waals surface area (Å²) in [5, 5.41) is 7.08. The Balaban J connectivity index is 1.94. The number of nitrogens with one attached hydrogen (secondary N) is 2. The minimum absolute atomic E-state index is 0.259. The average molecular weight is 298 g/mol. The second-order valence-electron chi connectivity index (χ2n) is 5.06. The summed E-state index contributed by atoms with van der Waals surface area (Å²) in [6.45, 7) is 0. The third-order valence-corrected chi connectivity index (χ3v) is 3.86. The van der Waals surface area contributed by atoms with Crippen molar-refractivity contribution in [2.75, 3.05) is 7.05 Å². The molecule has 1 atom stereocenters. The zero-order chi connectivity index (χ0) is 14.9. The first-order valence-corrected chi connectivity index (χ1v) is 7.77. The molecule has 0 spiro atoms. The molecule has 110 valence electrons. The normalized spacial score (nSPS) is 11.7. The van der Waals surface area contributed by atoms with E-state index in [-0.39, 0.29) is 6.04 Å². The van der Waals surface area contributed by atoms with Gasteiger partial charge in [0.25, 0.3) is 0 Å². The van der Waals surface area contributed by atoms with Gasteiger partial charge in [-0.15, -0.1) is 0 Å². The lowest BCUT2D eigenvalue weighted by Gasteiger charge is -2.20. The molecule has 0 unspecified atom stereocenters. The molecule has 0 saturated carbocycles. The Morgan fingerprint density at radius 1 is 1.00 bits per heavy atom. The van der Waals surface area contributed by atoms with Crippen LogP contribution in [0.3, 0.4) is 0 Å². The molecule has 21 heavy (non-hydrogen) atoms. The van der Waals surface area contributed by atoms with Crippen LogP contribution < -0.4 is 10.6 Å². The van der Waals surface area contributed by atoms with E-state index in [1.807, 2.05) is 13.1 Å². The van der Waals surface area contributed by atoms with E-state index in [4.69, 9.17) is 12.2 Å². The molecule has 0 amide bonds. The SMILES string of the molecule is CNC(=S)N[C@H](CCCc1ccccc1)c1ccccc1. The average Bonchev–Trinajstić information content (AvgIpc) is 2.55. The van der Waals surface area contributed by atoms with Gasteiger partial charge in [-0.25, -0.2) is 0 Å². The second-order valence-corrected chi connectivity index (χ2v) is 5.47. The third kappa shape index (κ3) is 5.20. The molecule has 0 heterocycles. The van der Waals surface area contributed by atoms with Crippen LogP contribution in [0.1, 0.15) is 30.0 Å². The molecular weight excluding hydrogens is 276 g/mol. The second kappa shape index (κ2) is 8.42. The van der Waals surface area contributed by atoms with Crippen molar-refractivity contribution in [3.05, 3.63) is 71.8 Å². The number of hydrogen-bond acceptors (Lipinski definition) is 1. The van der Waals surface area contributed by atoms with Gasteiger partial charge in [0, 0.05) is 7.05 Å². The van der Waals surface area contributed by atoms with Crippen LogP contribution in [0.25, 0.3) is 0 Å². The highest BCUT2D eigenvalue weighted by molar-refractivity contribution is 7.80. The summed E-state index contributed by atoms with van der Waals surface area (Å²) in [4.78, 5) is 0. The maximum atomic E-state index is 5.25. The zero-order valence-corrected chi connectivity index (χ0v) is 13.2. The summed E-state index contributed by atoms with van der Waals surface area (Å²) >= 11 is 5.25. The highest BCUT2D eigenvalue weighted by Gasteiger charge is 2.11. The van der Waals surface area contributed by atoms with E-state index in [0.717, 1.165) is 19.3 Å². The number of benzene rings is 2. The Hall–Kier alpha value is -1.87. The molecule has 2 N–H and O–H groups in total. The van der Waals surface area contributed by atoms with Gasteiger partial charge in [-0.05, 0) is 42.6 Å². The molecule has 3 heteroatoms. The molecule has 0 saturated heterocycles. The first-order chi connectivity index (χ1) is 10.3. The van der Waals surface area contributed by atoms with Crippen LogP contribution in [-0.4, -0.2) is 12.2 Å². The maximum absolute atomic E-state index is 5.25. The van der Waals surface area contributed by atoms with E-state index in [9.17, 15) is 0 Å². The summed E-state index contributed by atoms with van der Waals surface area (Å²) in [5.74, 6) is 0. The van der Waals surface area contributed by atoms with Gasteiger partial charge < -0.3 is 10.6 Å². The topological polar surface area (TPSA) is 24.1 Å². The molecule has 2 aromatic rings. The largest absolute Gasteiger partial charge is 0.366 e. The quantitative estimate of drug-likeness (QED) is 0.792. The van der Waals surface area contributed by atoms with Crippen LogP contribution in [0.4, 0.5) is 0 Å². The van der Waals surface area contributed by atoms with E-state index in [2.05, 4.69) is 65.2 Å². The van der Waals surface area contributed by atoms with Crippen molar-refractivity contribution in [3.63, 3.8) is 0 Å². The molecular formula is C18H22N2S. The van der Waals surface area contributed by atoms with Gasteiger partial charge in [0.2, 0.25) is 0 Å². The minimum Gasteiger partial charge on any atom is -0.366 e. The molecule has 0 bridgehead atoms. The fourth-order valence-electron chi connectivity index (χ4n) is 2.39. The van der Waals surface area contributed by atoms with Gasteiger partial charge in [-0.1, -0.05) is 60.7 Å². The standard InChI is InChI=1S/C18H22N2S/c1-19-18(21)20-17(16-12-6-3-7-13-16)14-8-11-15-9-4-2-5-10-15/h2-7,9-10,12-13,17H,8,11,14H2,1H3,(H2,19,20,21)/t17-/m1/s1.